The second-order valence-corrected chi connectivity index (χ2v) is 7.51. The largest absolute Gasteiger partial charge is 0.494 e. The summed E-state index contributed by atoms with van der Waals surface area (Å²) in [5.41, 5.74) is 2.55. The molecule has 0 radical (unpaired) electrons. The van der Waals surface area contributed by atoms with Crippen LogP contribution in [-0.2, 0) is 0 Å². The monoisotopic (exact) mass is 451 g/mol. The summed E-state index contributed by atoms with van der Waals surface area (Å²) < 4.78 is 10.8. The average Bonchev–Trinajstić information content (AvgIpc) is 3.32. The van der Waals surface area contributed by atoms with Crippen LogP contribution < -0.4 is 20.7 Å². The van der Waals surface area contributed by atoms with Gasteiger partial charge in [-0.3, -0.25) is 14.9 Å². The number of carbonyl (C=O) groups is 2. The van der Waals surface area contributed by atoms with Crippen molar-refractivity contribution in [2.24, 2.45) is 0 Å². The molecule has 3 rings (SSSR count). The summed E-state index contributed by atoms with van der Waals surface area (Å²) in [4.78, 5) is 24.8. The maximum absolute atomic E-state index is 12.6. The van der Waals surface area contributed by atoms with Gasteiger partial charge >= 0.3 is 0 Å². The molecule has 0 spiro atoms. The lowest BCUT2D eigenvalue weighted by molar-refractivity contribution is 0.0974. The summed E-state index contributed by atoms with van der Waals surface area (Å²) >= 11 is 5.31. The van der Waals surface area contributed by atoms with Gasteiger partial charge < -0.3 is 19.8 Å². The van der Waals surface area contributed by atoms with Gasteiger partial charge in [0, 0.05) is 16.9 Å². The highest BCUT2D eigenvalue weighted by molar-refractivity contribution is 7.80. The summed E-state index contributed by atoms with van der Waals surface area (Å²) in [5, 5.41) is 8.59. The van der Waals surface area contributed by atoms with Crippen molar-refractivity contribution in [2.45, 2.75) is 26.7 Å². The number of hydrogen-bond donors (Lipinski definition) is 3. The maximum Gasteiger partial charge on any atom is 0.291 e. The first kappa shape index (κ1) is 23.0. The number of rotatable bonds is 8. The first-order valence-corrected chi connectivity index (χ1v) is 10.7. The number of carbonyl (C=O) groups excluding carboxylic acids is 2. The Labute approximate surface area is 192 Å². The van der Waals surface area contributed by atoms with Crippen molar-refractivity contribution < 1.29 is 18.7 Å². The Bertz CT molecular complexity index is 1100. The molecular formula is C24H25N3O4S. The molecule has 0 saturated heterocycles. The van der Waals surface area contributed by atoms with Crippen molar-refractivity contribution >= 4 is 40.5 Å². The minimum atomic E-state index is -0.360. The first-order chi connectivity index (χ1) is 15.5. The van der Waals surface area contributed by atoms with E-state index in [0.717, 1.165) is 18.4 Å². The highest BCUT2D eigenvalue weighted by Gasteiger charge is 2.12. The van der Waals surface area contributed by atoms with Gasteiger partial charge in [0.1, 0.15) is 5.75 Å². The van der Waals surface area contributed by atoms with Crippen molar-refractivity contribution in [3.8, 4) is 5.75 Å². The van der Waals surface area contributed by atoms with Crippen LogP contribution in [-0.4, -0.2) is 23.5 Å². The van der Waals surface area contributed by atoms with E-state index >= 15 is 0 Å². The number of anilines is 2. The molecule has 0 fully saturated rings. The van der Waals surface area contributed by atoms with E-state index < -0.39 is 0 Å². The predicted octanol–water partition coefficient (Wildman–Crippen LogP) is 5.15. The highest BCUT2D eigenvalue weighted by Crippen LogP contribution is 2.21. The summed E-state index contributed by atoms with van der Waals surface area (Å²) in [6, 6.07) is 15.5. The Morgan fingerprint density at radius 3 is 2.62 bits per heavy atom. The fraction of sp³-hybridized carbons (Fsp3) is 0.208. The fourth-order valence-corrected chi connectivity index (χ4v) is 3.03. The number of unbranched alkanes of at least 4 members (excludes halogenated alkanes) is 1. The van der Waals surface area contributed by atoms with Gasteiger partial charge in [-0.25, -0.2) is 0 Å². The van der Waals surface area contributed by atoms with Crippen LogP contribution in [0, 0.1) is 6.92 Å². The van der Waals surface area contributed by atoms with Crippen LogP contribution in [0.4, 0.5) is 11.4 Å². The molecule has 0 bridgehead atoms. The number of nitrogens with one attached hydrogen (secondary N) is 3. The molecule has 3 N–H and O–H groups in total. The molecule has 0 aliphatic carbocycles. The van der Waals surface area contributed by atoms with E-state index in [2.05, 4.69) is 22.9 Å². The molecular weight excluding hydrogens is 426 g/mol. The Morgan fingerprint density at radius 1 is 1.03 bits per heavy atom. The van der Waals surface area contributed by atoms with Crippen LogP contribution in [0.5, 0.6) is 5.75 Å². The zero-order chi connectivity index (χ0) is 22.9. The fourth-order valence-electron chi connectivity index (χ4n) is 2.83. The van der Waals surface area contributed by atoms with Gasteiger partial charge in [-0.05, 0) is 73.6 Å². The Balaban J connectivity index is 1.61. The Hall–Kier alpha value is -3.65. The number of aryl methyl sites for hydroxylation is 1. The van der Waals surface area contributed by atoms with Crippen LogP contribution in [0.25, 0.3) is 0 Å². The van der Waals surface area contributed by atoms with E-state index in [0.29, 0.717) is 29.3 Å². The molecule has 0 aliphatic heterocycles. The van der Waals surface area contributed by atoms with Crippen molar-refractivity contribution in [3.63, 3.8) is 0 Å². The molecule has 2 amide bonds. The summed E-state index contributed by atoms with van der Waals surface area (Å²) in [6.07, 6.45) is 3.42. The van der Waals surface area contributed by atoms with E-state index in [4.69, 9.17) is 21.4 Å². The predicted molar refractivity (Wildman–Crippen MR) is 128 cm³/mol. The Morgan fingerprint density at radius 2 is 1.88 bits per heavy atom. The van der Waals surface area contributed by atoms with Gasteiger partial charge in [-0.1, -0.05) is 25.5 Å². The number of furan rings is 1. The lowest BCUT2D eigenvalue weighted by Crippen LogP contribution is -2.34. The normalized spacial score (nSPS) is 10.3. The molecule has 3 aromatic rings. The molecule has 166 valence electrons. The van der Waals surface area contributed by atoms with E-state index in [1.54, 1.807) is 42.5 Å². The van der Waals surface area contributed by atoms with Gasteiger partial charge in [-0.15, -0.1) is 0 Å². The topological polar surface area (TPSA) is 92.6 Å². The zero-order valence-corrected chi connectivity index (χ0v) is 18.8. The second-order valence-electron chi connectivity index (χ2n) is 7.10. The quantitative estimate of drug-likeness (QED) is 0.324. The standard InChI is InChI=1S/C24H25N3O4S/c1-3-4-12-30-19-8-5-7-17(14-19)22(28)27-24(32)26-20-15-18(11-10-16(20)2)25-23(29)21-9-6-13-31-21/h5-11,13-15H,3-4,12H2,1-2H3,(H,25,29)(H2,26,27,28,32). The number of thiocarbonyl (C=S) groups is 1. The number of benzene rings is 2. The Kier molecular flexibility index (Phi) is 7.99. The first-order valence-electron chi connectivity index (χ1n) is 10.3. The van der Waals surface area contributed by atoms with E-state index in [1.807, 2.05) is 19.1 Å². The molecule has 32 heavy (non-hydrogen) atoms. The lowest BCUT2D eigenvalue weighted by Gasteiger charge is -2.14. The molecule has 0 aliphatic rings. The minimum absolute atomic E-state index is 0.143. The van der Waals surface area contributed by atoms with E-state index in [-0.39, 0.29) is 22.7 Å². The van der Waals surface area contributed by atoms with E-state index in [9.17, 15) is 9.59 Å². The third kappa shape index (κ3) is 6.42. The van der Waals surface area contributed by atoms with Crippen LogP contribution in [0.3, 0.4) is 0 Å². The molecule has 0 saturated carbocycles. The summed E-state index contributed by atoms with van der Waals surface area (Å²) in [5.74, 6) is 0.148. The molecule has 7 nitrogen and oxygen atoms in total. The van der Waals surface area contributed by atoms with E-state index in [1.165, 1.54) is 6.26 Å². The van der Waals surface area contributed by atoms with Crippen molar-refractivity contribution in [1.82, 2.24) is 5.32 Å². The SMILES string of the molecule is CCCCOc1cccc(C(=O)NC(=S)Nc2cc(NC(=O)c3ccco3)ccc2C)c1. The van der Waals surface area contributed by atoms with Crippen LogP contribution in [0.2, 0.25) is 0 Å². The lowest BCUT2D eigenvalue weighted by atomic mass is 10.1. The summed E-state index contributed by atoms with van der Waals surface area (Å²) in [7, 11) is 0. The molecule has 8 heteroatoms. The van der Waals surface area contributed by atoms with Crippen LogP contribution in [0.15, 0.2) is 65.3 Å². The molecule has 1 aromatic heterocycles. The number of hydrogen-bond acceptors (Lipinski definition) is 5. The molecule has 0 atom stereocenters. The molecule has 1 heterocycles. The zero-order valence-electron chi connectivity index (χ0n) is 17.9. The summed E-state index contributed by atoms with van der Waals surface area (Å²) in [6.45, 7) is 4.58. The van der Waals surface area contributed by atoms with Crippen molar-refractivity contribution in [2.75, 3.05) is 17.2 Å². The van der Waals surface area contributed by atoms with Crippen LogP contribution in [0.1, 0.15) is 46.2 Å². The highest BCUT2D eigenvalue weighted by atomic mass is 32.1. The number of amides is 2. The van der Waals surface area contributed by atoms with Gasteiger partial charge in [0.15, 0.2) is 10.9 Å². The maximum atomic E-state index is 12.6. The average molecular weight is 452 g/mol. The number of ether oxygens (including phenoxy) is 1. The minimum Gasteiger partial charge on any atom is -0.494 e. The van der Waals surface area contributed by atoms with Crippen molar-refractivity contribution in [3.05, 3.63) is 77.7 Å². The van der Waals surface area contributed by atoms with Crippen LogP contribution >= 0.6 is 12.2 Å². The third-order valence-corrected chi connectivity index (χ3v) is 4.78. The van der Waals surface area contributed by atoms with Crippen molar-refractivity contribution in [1.29, 1.82) is 0 Å². The van der Waals surface area contributed by atoms with Gasteiger partial charge in [0.25, 0.3) is 11.8 Å². The smallest absolute Gasteiger partial charge is 0.291 e. The second kappa shape index (κ2) is 11.1. The molecule has 0 unspecified atom stereocenters. The third-order valence-electron chi connectivity index (χ3n) is 4.58. The van der Waals surface area contributed by atoms with Gasteiger partial charge in [0.05, 0.1) is 12.9 Å². The van der Waals surface area contributed by atoms with Gasteiger partial charge in [-0.2, -0.15) is 0 Å². The van der Waals surface area contributed by atoms with Gasteiger partial charge in [0.2, 0.25) is 0 Å². The molecule has 2 aromatic carbocycles.